The summed E-state index contributed by atoms with van der Waals surface area (Å²) < 4.78 is 11.0. The van der Waals surface area contributed by atoms with Crippen molar-refractivity contribution in [2.45, 2.75) is 19.8 Å². The third-order valence-electron chi connectivity index (χ3n) is 2.16. The van der Waals surface area contributed by atoms with Crippen LogP contribution in [-0.4, -0.2) is 19.5 Å². The number of aldehydes is 1. The van der Waals surface area contributed by atoms with Crippen LogP contribution >= 0.6 is 0 Å². The molecular weight excluding hydrogens is 216 g/mol. The lowest BCUT2D eigenvalue weighted by Gasteiger charge is -2.10. The first-order valence-corrected chi connectivity index (χ1v) is 5.77. The standard InChI is InChI=1S/C14H18O3/c1-3-5-9-17-14-10-13(16-8-4-2)7-6-12(14)11-15/h3,6-7,10-11H,1,4-5,8-9H2,2H3. The van der Waals surface area contributed by atoms with E-state index >= 15 is 0 Å². The summed E-state index contributed by atoms with van der Waals surface area (Å²) in [4.78, 5) is 10.8. The van der Waals surface area contributed by atoms with Gasteiger partial charge in [0.15, 0.2) is 6.29 Å². The molecule has 1 aromatic rings. The molecular formula is C14H18O3. The SMILES string of the molecule is C=CCCOc1cc(OCCC)ccc1C=O. The molecule has 0 saturated carbocycles. The van der Waals surface area contributed by atoms with Crippen molar-refractivity contribution in [1.29, 1.82) is 0 Å². The van der Waals surface area contributed by atoms with Gasteiger partial charge in [-0.15, -0.1) is 6.58 Å². The molecule has 0 saturated heterocycles. The minimum absolute atomic E-state index is 0.515. The predicted octanol–water partition coefficient (Wildman–Crippen LogP) is 3.24. The van der Waals surface area contributed by atoms with Crippen molar-refractivity contribution in [2.24, 2.45) is 0 Å². The second-order valence-corrected chi connectivity index (χ2v) is 3.59. The van der Waals surface area contributed by atoms with Gasteiger partial charge in [-0.25, -0.2) is 0 Å². The van der Waals surface area contributed by atoms with Gasteiger partial charge in [-0.2, -0.15) is 0 Å². The summed E-state index contributed by atoms with van der Waals surface area (Å²) in [5, 5.41) is 0. The van der Waals surface area contributed by atoms with E-state index in [-0.39, 0.29) is 0 Å². The smallest absolute Gasteiger partial charge is 0.153 e. The zero-order valence-electron chi connectivity index (χ0n) is 10.1. The topological polar surface area (TPSA) is 35.5 Å². The fourth-order valence-electron chi connectivity index (χ4n) is 1.30. The third-order valence-corrected chi connectivity index (χ3v) is 2.16. The highest BCUT2D eigenvalue weighted by Gasteiger charge is 2.05. The van der Waals surface area contributed by atoms with E-state index in [2.05, 4.69) is 6.58 Å². The Morgan fingerprint density at radius 1 is 1.29 bits per heavy atom. The van der Waals surface area contributed by atoms with Crippen LogP contribution in [-0.2, 0) is 0 Å². The van der Waals surface area contributed by atoms with E-state index in [1.165, 1.54) is 0 Å². The average molecular weight is 234 g/mol. The fourth-order valence-corrected chi connectivity index (χ4v) is 1.30. The van der Waals surface area contributed by atoms with E-state index in [1.807, 2.05) is 6.92 Å². The number of hydrogen-bond donors (Lipinski definition) is 0. The zero-order valence-corrected chi connectivity index (χ0v) is 10.1. The first-order chi connectivity index (χ1) is 8.31. The van der Waals surface area contributed by atoms with Crippen LogP contribution < -0.4 is 9.47 Å². The number of ether oxygens (including phenoxy) is 2. The Bertz CT molecular complexity index is 372. The summed E-state index contributed by atoms with van der Waals surface area (Å²) in [5.41, 5.74) is 0.540. The second kappa shape index (κ2) is 7.49. The largest absolute Gasteiger partial charge is 0.493 e. The maximum atomic E-state index is 10.8. The Labute approximate surface area is 102 Å². The van der Waals surface area contributed by atoms with Gasteiger partial charge in [0.05, 0.1) is 18.8 Å². The highest BCUT2D eigenvalue weighted by Crippen LogP contribution is 2.24. The van der Waals surface area contributed by atoms with E-state index in [0.29, 0.717) is 24.5 Å². The summed E-state index contributed by atoms with van der Waals surface area (Å²) in [5.74, 6) is 1.29. The Balaban J connectivity index is 2.74. The summed E-state index contributed by atoms with van der Waals surface area (Å²) >= 11 is 0. The number of rotatable bonds is 8. The molecule has 1 rings (SSSR count). The van der Waals surface area contributed by atoms with E-state index in [4.69, 9.17) is 9.47 Å². The minimum Gasteiger partial charge on any atom is -0.493 e. The lowest BCUT2D eigenvalue weighted by molar-refractivity contribution is 0.111. The van der Waals surface area contributed by atoms with Gasteiger partial charge in [0.2, 0.25) is 0 Å². The highest BCUT2D eigenvalue weighted by molar-refractivity contribution is 5.79. The maximum Gasteiger partial charge on any atom is 0.153 e. The summed E-state index contributed by atoms with van der Waals surface area (Å²) in [6.45, 7) is 6.84. The molecule has 3 nitrogen and oxygen atoms in total. The Hall–Kier alpha value is -1.77. The molecule has 92 valence electrons. The molecule has 0 N–H and O–H groups in total. The van der Waals surface area contributed by atoms with Gasteiger partial charge < -0.3 is 9.47 Å². The van der Waals surface area contributed by atoms with Gasteiger partial charge in [-0.3, -0.25) is 4.79 Å². The molecule has 0 radical (unpaired) electrons. The summed E-state index contributed by atoms with van der Waals surface area (Å²) in [6, 6.07) is 5.24. The van der Waals surface area contributed by atoms with E-state index < -0.39 is 0 Å². The van der Waals surface area contributed by atoms with Crippen LogP contribution in [0.4, 0.5) is 0 Å². The monoisotopic (exact) mass is 234 g/mol. The van der Waals surface area contributed by atoms with Gasteiger partial charge >= 0.3 is 0 Å². The first-order valence-electron chi connectivity index (χ1n) is 5.77. The molecule has 0 atom stereocenters. The molecule has 3 heteroatoms. The Kier molecular flexibility index (Phi) is 5.86. The fraction of sp³-hybridized carbons (Fsp3) is 0.357. The third kappa shape index (κ3) is 4.31. The van der Waals surface area contributed by atoms with Crippen LogP contribution in [0, 0.1) is 0 Å². The van der Waals surface area contributed by atoms with Gasteiger partial charge in [-0.05, 0) is 25.0 Å². The molecule has 0 fully saturated rings. The quantitative estimate of drug-likeness (QED) is 0.393. The molecule has 0 heterocycles. The van der Waals surface area contributed by atoms with E-state index in [9.17, 15) is 4.79 Å². The number of carbonyl (C=O) groups excluding carboxylic acids is 1. The summed E-state index contributed by atoms with van der Waals surface area (Å²) in [6.07, 6.45) is 4.26. The highest BCUT2D eigenvalue weighted by atomic mass is 16.5. The van der Waals surface area contributed by atoms with Gasteiger partial charge in [0, 0.05) is 6.07 Å². The normalized spacial score (nSPS) is 9.71. The molecule has 17 heavy (non-hydrogen) atoms. The molecule has 1 aromatic carbocycles. The Morgan fingerprint density at radius 2 is 2.12 bits per heavy atom. The molecule has 0 aliphatic heterocycles. The van der Waals surface area contributed by atoms with Crippen LogP contribution in [0.25, 0.3) is 0 Å². The van der Waals surface area contributed by atoms with Crippen LogP contribution in [0.5, 0.6) is 11.5 Å². The number of carbonyl (C=O) groups is 1. The minimum atomic E-state index is 0.515. The van der Waals surface area contributed by atoms with Crippen molar-refractivity contribution >= 4 is 6.29 Å². The Morgan fingerprint density at radius 3 is 2.76 bits per heavy atom. The van der Waals surface area contributed by atoms with Crippen LogP contribution in [0.2, 0.25) is 0 Å². The zero-order chi connectivity index (χ0) is 12.5. The molecule has 0 spiro atoms. The van der Waals surface area contributed by atoms with Gasteiger partial charge in [0.1, 0.15) is 11.5 Å². The number of hydrogen-bond acceptors (Lipinski definition) is 3. The van der Waals surface area contributed by atoms with Crippen molar-refractivity contribution < 1.29 is 14.3 Å². The molecule has 0 aliphatic carbocycles. The summed E-state index contributed by atoms with van der Waals surface area (Å²) in [7, 11) is 0. The van der Waals surface area contributed by atoms with E-state index in [0.717, 1.165) is 24.9 Å². The lowest BCUT2D eigenvalue weighted by atomic mass is 10.2. The van der Waals surface area contributed by atoms with Crippen molar-refractivity contribution in [1.82, 2.24) is 0 Å². The predicted molar refractivity (Wildman–Crippen MR) is 67.9 cm³/mol. The van der Waals surface area contributed by atoms with Crippen LogP contribution in [0.3, 0.4) is 0 Å². The van der Waals surface area contributed by atoms with Gasteiger partial charge in [0.25, 0.3) is 0 Å². The number of benzene rings is 1. The second-order valence-electron chi connectivity index (χ2n) is 3.59. The van der Waals surface area contributed by atoms with Crippen molar-refractivity contribution in [3.63, 3.8) is 0 Å². The molecule has 0 amide bonds. The lowest BCUT2D eigenvalue weighted by Crippen LogP contribution is -2.00. The molecule has 0 unspecified atom stereocenters. The molecule has 0 aliphatic rings. The van der Waals surface area contributed by atoms with Crippen molar-refractivity contribution in [3.8, 4) is 11.5 Å². The van der Waals surface area contributed by atoms with Crippen molar-refractivity contribution in [2.75, 3.05) is 13.2 Å². The average Bonchev–Trinajstić information content (AvgIpc) is 2.37. The van der Waals surface area contributed by atoms with Crippen LogP contribution in [0.15, 0.2) is 30.9 Å². The molecule has 0 bridgehead atoms. The van der Waals surface area contributed by atoms with Gasteiger partial charge in [-0.1, -0.05) is 13.0 Å². The maximum absolute atomic E-state index is 10.8. The first kappa shape index (κ1) is 13.3. The molecule has 0 aromatic heterocycles. The van der Waals surface area contributed by atoms with E-state index in [1.54, 1.807) is 24.3 Å². The van der Waals surface area contributed by atoms with Crippen molar-refractivity contribution in [3.05, 3.63) is 36.4 Å². The van der Waals surface area contributed by atoms with Crippen LogP contribution in [0.1, 0.15) is 30.1 Å².